The predicted molar refractivity (Wildman–Crippen MR) is 129 cm³/mol. The van der Waals surface area contributed by atoms with Crippen LogP contribution in [0, 0.1) is 6.92 Å². The average molecular weight is 476 g/mol. The number of hydrogen-bond donors (Lipinski definition) is 1. The van der Waals surface area contributed by atoms with Gasteiger partial charge in [-0.1, -0.05) is 42.1 Å². The number of anilines is 1. The summed E-state index contributed by atoms with van der Waals surface area (Å²) in [5, 5.41) is 3.55. The average Bonchev–Trinajstić information content (AvgIpc) is 2.83. The lowest BCUT2D eigenvalue weighted by Crippen LogP contribution is -2.23. The van der Waals surface area contributed by atoms with E-state index in [2.05, 4.69) is 5.32 Å². The zero-order chi connectivity index (χ0) is 23.9. The van der Waals surface area contributed by atoms with Gasteiger partial charge in [0.1, 0.15) is 11.3 Å². The fourth-order valence-corrected chi connectivity index (χ4v) is 4.11. The Morgan fingerprint density at radius 1 is 0.941 bits per heavy atom. The Kier molecular flexibility index (Phi) is 7.29. The number of fused-ring (bicyclic) bond motifs is 1. The quantitative estimate of drug-likeness (QED) is 0.289. The van der Waals surface area contributed by atoms with Gasteiger partial charge < -0.3 is 19.2 Å². The summed E-state index contributed by atoms with van der Waals surface area (Å²) in [5.41, 5.74) is 1.31. The number of aryl methyl sites for hydroxylation is 1. The largest absolute Gasteiger partial charge is 0.482 e. The molecule has 0 radical (unpaired) electrons. The molecule has 0 spiro atoms. The van der Waals surface area contributed by atoms with Crippen molar-refractivity contribution in [3.05, 3.63) is 94.8 Å². The third kappa shape index (κ3) is 6.05. The monoisotopic (exact) mass is 475 g/mol. The molecule has 0 aliphatic rings. The van der Waals surface area contributed by atoms with Gasteiger partial charge in [0.05, 0.1) is 5.69 Å². The standard InChI is InChI=1S/C26H21NO6S/c1-17-13-25(29)33-22-14-18(11-12-20(17)22)31-16-26(30)32-15-24(28)27-21-9-5-6-10-23(21)34-19-7-3-2-4-8-19/h2-14H,15-16H2,1H3,(H,27,28). The first-order valence-electron chi connectivity index (χ1n) is 10.4. The molecule has 3 aromatic carbocycles. The van der Waals surface area contributed by atoms with Gasteiger partial charge in [-0.05, 0) is 48.9 Å². The summed E-state index contributed by atoms with van der Waals surface area (Å²) in [6.07, 6.45) is 0. The summed E-state index contributed by atoms with van der Waals surface area (Å²) in [7, 11) is 0. The molecule has 1 N–H and O–H groups in total. The van der Waals surface area contributed by atoms with E-state index in [9.17, 15) is 14.4 Å². The summed E-state index contributed by atoms with van der Waals surface area (Å²) in [6, 6.07) is 23.5. The van der Waals surface area contributed by atoms with Gasteiger partial charge >= 0.3 is 11.6 Å². The van der Waals surface area contributed by atoms with E-state index in [1.54, 1.807) is 25.1 Å². The lowest BCUT2D eigenvalue weighted by molar-refractivity contribution is -0.149. The molecule has 0 atom stereocenters. The molecular formula is C26H21NO6S. The molecule has 4 aromatic rings. The number of benzene rings is 3. The number of para-hydroxylation sites is 1. The summed E-state index contributed by atoms with van der Waals surface area (Å²) >= 11 is 1.52. The zero-order valence-electron chi connectivity index (χ0n) is 18.3. The Morgan fingerprint density at radius 2 is 1.71 bits per heavy atom. The molecule has 0 bridgehead atoms. The molecule has 1 aromatic heterocycles. The second-order valence-corrected chi connectivity index (χ2v) is 8.43. The first-order valence-corrected chi connectivity index (χ1v) is 11.2. The predicted octanol–water partition coefficient (Wildman–Crippen LogP) is 4.81. The second-order valence-electron chi connectivity index (χ2n) is 7.32. The number of esters is 1. The van der Waals surface area contributed by atoms with E-state index in [0.29, 0.717) is 17.0 Å². The summed E-state index contributed by atoms with van der Waals surface area (Å²) in [4.78, 5) is 37.8. The van der Waals surface area contributed by atoms with Gasteiger partial charge in [-0.2, -0.15) is 0 Å². The number of carbonyl (C=O) groups excluding carboxylic acids is 2. The topological polar surface area (TPSA) is 94.8 Å². The molecular weight excluding hydrogens is 454 g/mol. The van der Waals surface area contributed by atoms with Crippen molar-refractivity contribution < 1.29 is 23.5 Å². The molecule has 0 unspecified atom stereocenters. The SMILES string of the molecule is Cc1cc(=O)oc2cc(OCC(=O)OCC(=O)Nc3ccccc3Sc3ccccc3)ccc12. The van der Waals surface area contributed by atoms with Crippen molar-refractivity contribution >= 4 is 40.3 Å². The Bertz CT molecular complexity index is 1380. The van der Waals surface area contributed by atoms with Gasteiger partial charge in [-0.3, -0.25) is 4.79 Å². The van der Waals surface area contributed by atoms with Crippen LogP contribution in [-0.2, 0) is 14.3 Å². The lowest BCUT2D eigenvalue weighted by Gasteiger charge is -2.11. The summed E-state index contributed by atoms with van der Waals surface area (Å²) < 4.78 is 15.6. The Morgan fingerprint density at radius 3 is 2.53 bits per heavy atom. The minimum atomic E-state index is -0.701. The molecule has 0 saturated carbocycles. The van der Waals surface area contributed by atoms with Crippen LogP contribution >= 0.6 is 11.8 Å². The van der Waals surface area contributed by atoms with Gasteiger partial charge in [-0.25, -0.2) is 9.59 Å². The first kappa shape index (κ1) is 23.1. The summed E-state index contributed by atoms with van der Waals surface area (Å²) in [6.45, 7) is 0.967. The van der Waals surface area contributed by atoms with Crippen LogP contribution in [-0.4, -0.2) is 25.1 Å². The molecule has 0 fully saturated rings. The van der Waals surface area contributed by atoms with Crippen LogP contribution in [0.4, 0.5) is 5.69 Å². The minimum Gasteiger partial charge on any atom is -0.482 e. The van der Waals surface area contributed by atoms with Crippen molar-refractivity contribution in [2.24, 2.45) is 0 Å². The number of amides is 1. The van der Waals surface area contributed by atoms with Crippen LogP contribution in [0.5, 0.6) is 5.75 Å². The highest BCUT2D eigenvalue weighted by atomic mass is 32.2. The molecule has 7 nitrogen and oxygen atoms in total. The van der Waals surface area contributed by atoms with E-state index in [0.717, 1.165) is 20.7 Å². The van der Waals surface area contributed by atoms with Crippen molar-refractivity contribution in [2.45, 2.75) is 16.7 Å². The normalized spacial score (nSPS) is 10.6. The first-order chi connectivity index (χ1) is 16.5. The lowest BCUT2D eigenvalue weighted by atomic mass is 10.1. The van der Waals surface area contributed by atoms with Crippen LogP contribution in [0.15, 0.2) is 97.9 Å². The molecule has 4 rings (SSSR count). The molecule has 1 amide bonds. The third-order valence-electron chi connectivity index (χ3n) is 4.78. The number of rotatable bonds is 8. The maximum absolute atomic E-state index is 12.3. The van der Waals surface area contributed by atoms with E-state index >= 15 is 0 Å². The van der Waals surface area contributed by atoms with Crippen molar-refractivity contribution in [1.82, 2.24) is 0 Å². The van der Waals surface area contributed by atoms with Gasteiger partial charge in [0.15, 0.2) is 13.2 Å². The van der Waals surface area contributed by atoms with E-state index in [4.69, 9.17) is 13.9 Å². The molecule has 0 aliphatic heterocycles. The maximum atomic E-state index is 12.3. The molecule has 1 heterocycles. The molecule has 34 heavy (non-hydrogen) atoms. The highest BCUT2D eigenvalue weighted by Gasteiger charge is 2.12. The maximum Gasteiger partial charge on any atom is 0.344 e. The van der Waals surface area contributed by atoms with Crippen LogP contribution in [0.3, 0.4) is 0 Å². The molecule has 0 aliphatic carbocycles. The number of nitrogens with one attached hydrogen (secondary N) is 1. The van der Waals surface area contributed by atoms with Crippen LogP contribution < -0.4 is 15.7 Å². The van der Waals surface area contributed by atoms with Crippen LogP contribution in [0.25, 0.3) is 11.0 Å². The van der Waals surface area contributed by atoms with E-state index < -0.39 is 30.7 Å². The molecule has 8 heteroatoms. The third-order valence-corrected chi connectivity index (χ3v) is 5.86. The van der Waals surface area contributed by atoms with Gasteiger partial charge in [0.2, 0.25) is 0 Å². The number of carbonyl (C=O) groups is 2. The van der Waals surface area contributed by atoms with E-state index in [1.807, 2.05) is 48.5 Å². The summed E-state index contributed by atoms with van der Waals surface area (Å²) in [5.74, 6) is -0.820. The number of ether oxygens (including phenoxy) is 2. The molecule has 172 valence electrons. The van der Waals surface area contributed by atoms with Crippen molar-refractivity contribution in [3.63, 3.8) is 0 Å². The van der Waals surface area contributed by atoms with E-state index in [1.165, 1.54) is 23.9 Å². The second kappa shape index (κ2) is 10.7. The van der Waals surface area contributed by atoms with Gasteiger partial charge in [-0.15, -0.1) is 0 Å². The fraction of sp³-hybridized carbons (Fsp3) is 0.115. The highest BCUT2D eigenvalue weighted by Crippen LogP contribution is 2.33. The molecule has 0 saturated heterocycles. The van der Waals surface area contributed by atoms with Crippen LogP contribution in [0.1, 0.15) is 5.56 Å². The van der Waals surface area contributed by atoms with Crippen molar-refractivity contribution in [1.29, 1.82) is 0 Å². The van der Waals surface area contributed by atoms with Crippen LogP contribution in [0.2, 0.25) is 0 Å². The fourth-order valence-electron chi connectivity index (χ4n) is 3.19. The van der Waals surface area contributed by atoms with Gasteiger partial charge in [0, 0.05) is 27.3 Å². The number of hydrogen-bond acceptors (Lipinski definition) is 7. The van der Waals surface area contributed by atoms with Crippen molar-refractivity contribution in [2.75, 3.05) is 18.5 Å². The highest BCUT2D eigenvalue weighted by molar-refractivity contribution is 7.99. The Hall–Kier alpha value is -4.04. The van der Waals surface area contributed by atoms with Gasteiger partial charge in [0.25, 0.3) is 5.91 Å². The minimum absolute atomic E-state index is 0.342. The van der Waals surface area contributed by atoms with E-state index in [-0.39, 0.29) is 0 Å². The zero-order valence-corrected chi connectivity index (χ0v) is 19.1. The van der Waals surface area contributed by atoms with Crippen molar-refractivity contribution in [3.8, 4) is 5.75 Å². The Balaban J connectivity index is 1.29. The Labute approximate surface area is 199 Å². The smallest absolute Gasteiger partial charge is 0.344 e.